The molecule has 0 atom stereocenters. The molecular weight excluding hydrogens is 325 g/mol. The minimum absolute atomic E-state index is 0.218. The minimum atomic E-state index is -0.330. The van der Waals surface area contributed by atoms with E-state index in [1.54, 1.807) is 19.4 Å². The SMILES string of the molecule is CC(C)n1cnnc1CNC(=O)N(C)Cc1nc2ccc(F)cc2[nH]1. The molecule has 0 aliphatic carbocycles. The fourth-order valence-electron chi connectivity index (χ4n) is 2.52. The number of imidazole rings is 1. The van der Waals surface area contributed by atoms with Crippen LogP contribution in [0, 0.1) is 5.82 Å². The number of carbonyl (C=O) groups excluding carboxylic acids is 1. The van der Waals surface area contributed by atoms with Gasteiger partial charge in [0.25, 0.3) is 0 Å². The Hall–Kier alpha value is -2.97. The number of aromatic amines is 1. The Labute approximate surface area is 144 Å². The van der Waals surface area contributed by atoms with E-state index < -0.39 is 0 Å². The van der Waals surface area contributed by atoms with Crippen LogP contribution in [0.2, 0.25) is 0 Å². The van der Waals surface area contributed by atoms with Gasteiger partial charge >= 0.3 is 6.03 Å². The second kappa shape index (κ2) is 6.88. The molecule has 3 aromatic rings. The molecule has 2 amide bonds. The van der Waals surface area contributed by atoms with Gasteiger partial charge in [-0.3, -0.25) is 0 Å². The van der Waals surface area contributed by atoms with E-state index in [2.05, 4.69) is 25.5 Å². The number of amides is 2. The molecule has 132 valence electrons. The van der Waals surface area contributed by atoms with Gasteiger partial charge in [-0.25, -0.2) is 14.2 Å². The lowest BCUT2D eigenvalue weighted by atomic mass is 10.3. The highest BCUT2D eigenvalue weighted by molar-refractivity contribution is 5.76. The summed E-state index contributed by atoms with van der Waals surface area (Å²) in [5.74, 6) is 0.947. The molecule has 3 rings (SSSR count). The number of nitrogens with one attached hydrogen (secondary N) is 2. The molecule has 0 saturated heterocycles. The van der Waals surface area contributed by atoms with Gasteiger partial charge in [-0.1, -0.05) is 0 Å². The van der Waals surface area contributed by atoms with Gasteiger partial charge in [0.15, 0.2) is 5.82 Å². The van der Waals surface area contributed by atoms with Crippen LogP contribution >= 0.6 is 0 Å². The van der Waals surface area contributed by atoms with Crippen molar-refractivity contribution >= 4 is 17.1 Å². The van der Waals surface area contributed by atoms with Gasteiger partial charge in [0.05, 0.1) is 24.1 Å². The minimum Gasteiger partial charge on any atom is -0.340 e. The molecule has 2 heterocycles. The molecule has 2 N–H and O–H groups in total. The van der Waals surface area contributed by atoms with Crippen LogP contribution in [0.5, 0.6) is 0 Å². The number of carbonyl (C=O) groups is 1. The van der Waals surface area contributed by atoms with E-state index >= 15 is 0 Å². The Bertz CT molecular complexity index is 886. The maximum atomic E-state index is 13.2. The molecule has 0 bridgehead atoms. The van der Waals surface area contributed by atoms with Crippen LogP contribution in [-0.4, -0.2) is 42.7 Å². The maximum Gasteiger partial charge on any atom is 0.317 e. The first-order chi connectivity index (χ1) is 11.9. The molecule has 9 heteroatoms. The molecule has 8 nitrogen and oxygen atoms in total. The smallest absolute Gasteiger partial charge is 0.317 e. The normalized spacial score (nSPS) is 11.2. The fourth-order valence-corrected chi connectivity index (χ4v) is 2.52. The Balaban J connectivity index is 1.60. The number of hydrogen-bond donors (Lipinski definition) is 2. The third-order valence-electron chi connectivity index (χ3n) is 3.83. The number of fused-ring (bicyclic) bond motifs is 1. The van der Waals surface area contributed by atoms with E-state index in [1.807, 2.05) is 18.4 Å². The predicted molar refractivity (Wildman–Crippen MR) is 90.2 cm³/mol. The first kappa shape index (κ1) is 16.9. The summed E-state index contributed by atoms with van der Waals surface area (Å²) in [6.45, 7) is 4.60. The van der Waals surface area contributed by atoms with Crippen molar-refractivity contribution in [2.75, 3.05) is 7.05 Å². The summed E-state index contributed by atoms with van der Waals surface area (Å²) in [7, 11) is 1.66. The zero-order chi connectivity index (χ0) is 18.0. The number of urea groups is 1. The van der Waals surface area contributed by atoms with Gasteiger partial charge in [-0.05, 0) is 32.0 Å². The largest absolute Gasteiger partial charge is 0.340 e. The van der Waals surface area contributed by atoms with Crippen molar-refractivity contribution < 1.29 is 9.18 Å². The van der Waals surface area contributed by atoms with E-state index in [0.717, 1.165) is 0 Å². The van der Waals surface area contributed by atoms with Gasteiger partial charge in [0.1, 0.15) is 18.0 Å². The van der Waals surface area contributed by atoms with Crippen LogP contribution in [0.3, 0.4) is 0 Å². The van der Waals surface area contributed by atoms with Crippen molar-refractivity contribution in [2.45, 2.75) is 33.0 Å². The highest BCUT2D eigenvalue weighted by Crippen LogP contribution is 2.13. The number of aromatic nitrogens is 5. The van der Waals surface area contributed by atoms with E-state index in [1.165, 1.54) is 17.0 Å². The van der Waals surface area contributed by atoms with E-state index in [9.17, 15) is 9.18 Å². The molecule has 0 unspecified atom stereocenters. The van der Waals surface area contributed by atoms with Gasteiger partial charge in [-0.15, -0.1) is 10.2 Å². The van der Waals surface area contributed by atoms with Crippen LogP contribution < -0.4 is 5.32 Å². The van der Waals surface area contributed by atoms with Crippen molar-refractivity contribution in [3.8, 4) is 0 Å². The van der Waals surface area contributed by atoms with E-state index in [0.29, 0.717) is 22.7 Å². The first-order valence-electron chi connectivity index (χ1n) is 7.95. The monoisotopic (exact) mass is 345 g/mol. The molecule has 0 saturated carbocycles. The van der Waals surface area contributed by atoms with Crippen LogP contribution in [0.15, 0.2) is 24.5 Å². The average molecular weight is 345 g/mol. The summed E-state index contributed by atoms with van der Waals surface area (Å²) >= 11 is 0. The number of H-pyrrole nitrogens is 1. The summed E-state index contributed by atoms with van der Waals surface area (Å²) < 4.78 is 15.1. The van der Waals surface area contributed by atoms with Crippen molar-refractivity contribution in [2.24, 2.45) is 0 Å². The van der Waals surface area contributed by atoms with Crippen molar-refractivity contribution in [1.82, 2.24) is 34.9 Å². The van der Waals surface area contributed by atoms with E-state index in [-0.39, 0.29) is 31.0 Å². The maximum absolute atomic E-state index is 13.2. The summed E-state index contributed by atoms with van der Waals surface area (Å²) in [5, 5.41) is 10.7. The summed E-state index contributed by atoms with van der Waals surface area (Å²) in [6.07, 6.45) is 1.64. The van der Waals surface area contributed by atoms with Crippen LogP contribution in [-0.2, 0) is 13.1 Å². The van der Waals surface area contributed by atoms with E-state index in [4.69, 9.17) is 0 Å². The average Bonchev–Trinajstić information content (AvgIpc) is 3.18. The third-order valence-corrected chi connectivity index (χ3v) is 3.83. The van der Waals surface area contributed by atoms with Gasteiger partial charge in [-0.2, -0.15) is 0 Å². The molecular formula is C16H20FN7O. The predicted octanol–water partition coefficient (Wildman–Crippen LogP) is 2.22. The highest BCUT2D eigenvalue weighted by atomic mass is 19.1. The number of halogens is 1. The lowest BCUT2D eigenvalue weighted by Gasteiger charge is -2.17. The van der Waals surface area contributed by atoms with Crippen LogP contribution in [0.1, 0.15) is 31.5 Å². The molecule has 0 fully saturated rings. The molecule has 0 spiro atoms. The highest BCUT2D eigenvalue weighted by Gasteiger charge is 2.14. The molecule has 0 aliphatic rings. The Morgan fingerprint density at radius 2 is 2.24 bits per heavy atom. The summed E-state index contributed by atoms with van der Waals surface area (Å²) in [5.41, 5.74) is 1.27. The number of rotatable bonds is 5. The molecule has 2 aromatic heterocycles. The number of hydrogen-bond acceptors (Lipinski definition) is 4. The molecule has 0 aliphatic heterocycles. The Morgan fingerprint density at radius 1 is 1.44 bits per heavy atom. The Kier molecular flexibility index (Phi) is 4.64. The quantitative estimate of drug-likeness (QED) is 0.742. The third kappa shape index (κ3) is 3.76. The van der Waals surface area contributed by atoms with Crippen molar-refractivity contribution in [3.63, 3.8) is 0 Å². The lowest BCUT2D eigenvalue weighted by Crippen LogP contribution is -2.37. The lowest BCUT2D eigenvalue weighted by molar-refractivity contribution is 0.205. The second-order valence-corrected chi connectivity index (χ2v) is 6.11. The van der Waals surface area contributed by atoms with Crippen molar-refractivity contribution in [3.05, 3.63) is 42.0 Å². The topological polar surface area (TPSA) is 91.7 Å². The zero-order valence-corrected chi connectivity index (χ0v) is 14.3. The Morgan fingerprint density at radius 3 is 3.00 bits per heavy atom. The zero-order valence-electron chi connectivity index (χ0n) is 14.3. The fraction of sp³-hybridized carbons (Fsp3) is 0.375. The van der Waals surface area contributed by atoms with Gasteiger partial charge < -0.3 is 19.8 Å². The summed E-state index contributed by atoms with van der Waals surface area (Å²) in [4.78, 5) is 21.1. The van der Waals surface area contributed by atoms with Crippen LogP contribution in [0.25, 0.3) is 11.0 Å². The van der Waals surface area contributed by atoms with Gasteiger partial charge in [0, 0.05) is 13.1 Å². The van der Waals surface area contributed by atoms with Crippen LogP contribution in [0.4, 0.5) is 9.18 Å². The molecule has 1 aromatic carbocycles. The first-order valence-corrected chi connectivity index (χ1v) is 7.95. The number of nitrogens with zero attached hydrogens (tertiary/aromatic N) is 5. The summed E-state index contributed by atoms with van der Waals surface area (Å²) in [6, 6.07) is 4.29. The standard InChI is InChI=1S/C16H20FN7O/c1-10(2)24-9-19-22-15(24)7-18-16(25)23(3)8-14-20-12-5-4-11(17)6-13(12)21-14/h4-6,9-10H,7-8H2,1-3H3,(H,18,25)(H,20,21). The van der Waals surface area contributed by atoms with Crippen molar-refractivity contribution in [1.29, 1.82) is 0 Å². The number of benzene rings is 1. The second-order valence-electron chi connectivity index (χ2n) is 6.11. The molecule has 0 radical (unpaired) electrons. The molecule has 25 heavy (non-hydrogen) atoms. The van der Waals surface area contributed by atoms with Gasteiger partial charge in [0.2, 0.25) is 0 Å².